The van der Waals surface area contributed by atoms with Crippen LogP contribution < -0.4 is 0 Å². The average Bonchev–Trinajstić information content (AvgIpc) is 3.22. The molecule has 0 radical (unpaired) electrons. The van der Waals surface area contributed by atoms with Gasteiger partial charge in [-0.15, -0.1) is 0 Å². The Morgan fingerprint density at radius 2 is 1.93 bits per heavy atom. The highest BCUT2D eigenvalue weighted by atomic mass is 32.2. The number of sulfonamides is 1. The molecule has 1 aromatic carbocycles. The fourth-order valence-electron chi connectivity index (χ4n) is 3.53. The first-order valence-corrected chi connectivity index (χ1v) is 10.1. The third-order valence-corrected chi connectivity index (χ3v) is 6.88. The van der Waals surface area contributed by atoms with Crippen molar-refractivity contribution in [1.82, 2.24) is 19.2 Å². The zero-order chi connectivity index (χ0) is 20.1. The summed E-state index contributed by atoms with van der Waals surface area (Å²) in [5.41, 5.74) is 1.97. The van der Waals surface area contributed by atoms with Gasteiger partial charge in [-0.1, -0.05) is 23.4 Å². The van der Waals surface area contributed by atoms with E-state index in [2.05, 4.69) is 10.3 Å². The molecule has 0 amide bonds. The summed E-state index contributed by atoms with van der Waals surface area (Å²) < 4.78 is 34.1. The molecule has 1 N–H and O–H groups in total. The Balaban J connectivity index is 1.79. The van der Waals surface area contributed by atoms with Crippen molar-refractivity contribution >= 4 is 16.0 Å². The van der Waals surface area contributed by atoms with Gasteiger partial charge in [-0.25, -0.2) is 17.9 Å². The number of carboxylic acids is 1. The predicted octanol–water partition coefficient (Wildman–Crippen LogP) is 1.92. The second-order valence-corrected chi connectivity index (χ2v) is 8.44. The van der Waals surface area contributed by atoms with E-state index in [9.17, 15) is 18.3 Å². The van der Waals surface area contributed by atoms with Crippen molar-refractivity contribution in [3.05, 3.63) is 58.7 Å². The molecule has 146 valence electrons. The van der Waals surface area contributed by atoms with E-state index in [1.54, 1.807) is 18.5 Å². The van der Waals surface area contributed by atoms with Gasteiger partial charge in [-0.05, 0) is 26.0 Å². The average molecular weight is 402 g/mol. The van der Waals surface area contributed by atoms with Crippen LogP contribution in [0.2, 0.25) is 0 Å². The molecule has 0 aliphatic carbocycles. The third-order valence-electron chi connectivity index (χ3n) is 4.79. The standard InChI is InChI=1S/C18H18N4O5S/c1-11-17(12(2)27-20-11)28(25,26)21-9-8-15-14(10-21)16(18(23)24)19-22(15)13-6-4-3-5-7-13/h3-7H,8-10H2,1-2H3,(H,23,24). The summed E-state index contributed by atoms with van der Waals surface area (Å²) in [7, 11) is -3.87. The Kier molecular flexibility index (Phi) is 4.31. The molecule has 0 fully saturated rings. The summed E-state index contributed by atoms with van der Waals surface area (Å²) in [6.45, 7) is 3.24. The SMILES string of the molecule is Cc1noc(C)c1S(=O)(=O)N1CCc2c(c(C(=O)O)nn2-c2ccccc2)C1. The molecule has 4 rings (SSSR count). The lowest BCUT2D eigenvalue weighted by molar-refractivity contribution is 0.0688. The maximum absolute atomic E-state index is 13.1. The van der Waals surface area contributed by atoms with Crippen LogP contribution >= 0.6 is 0 Å². The number of rotatable bonds is 4. The van der Waals surface area contributed by atoms with Crippen LogP contribution in [0.4, 0.5) is 0 Å². The first-order valence-electron chi connectivity index (χ1n) is 8.63. The maximum Gasteiger partial charge on any atom is 0.356 e. The largest absolute Gasteiger partial charge is 0.476 e. The number of aromatic nitrogens is 3. The molecule has 9 nitrogen and oxygen atoms in total. The smallest absolute Gasteiger partial charge is 0.356 e. The molecule has 0 saturated carbocycles. The zero-order valence-corrected chi connectivity index (χ0v) is 16.1. The van der Waals surface area contributed by atoms with Gasteiger partial charge in [0, 0.05) is 25.1 Å². The van der Waals surface area contributed by atoms with Crippen LogP contribution in [0, 0.1) is 13.8 Å². The summed E-state index contributed by atoms with van der Waals surface area (Å²) >= 11 is 0. The Labute approximate surface area is 161 Å². The number of carbonyl (C=O) groups is 1. The number of aryl methyl sites for hydroxylation is 2. The third kappa shape index (κ3) is 2.81. The zero-order valence-electron chi connectivity index (χ0n) is 15.3. The highest BCUT2D eigenvalue weighted by molar-refractivity contribution is 7.89. The lowest BCUT2D eigenvalue weighted by Crippen LogP contribution is -2.37. The maximum atomic E-state index is 13.1. The lowest BCUT2D eigenvalue weighted by Gasteiger charge is -2.26. The lowest BCUT2D eigenvalue weighted by atomic mass is 10.1. The van der Waals surface area contributed by atoms with Crippen LogP contribution in [0.1, 0.15) is 33.2 Å². The molecule has 10 heteroatoms. The van der Waals surface area contributed by atoms with Crippen molar-refractivity contribution in [2.75, 3.05) is 6.54 Å². The van der Waals surface area contributed by atoms with Gasteiger partial charge in [0.05, 0.1) is 11.4 Å². The van der Waals surface area contributed by atoms with Crippen LogP contribution in [0.3, 0.4) is 0 Å². The van der Waals surface area contributed by atoms with Crippen LogP contribution in [-0.4, -0.2) is 45.3 Å². The van der Waals surface area contributed by atoms with E-state index in [4.69, 9.17) is 4.52 Å². The van der Waals surface area contributed by atoms with Gasteiger partial charge < -0.3 is 9.63 Å². The summed E-state index contributed by atoms with van der Waals surface area (Å²) in [5, 5.41) is 17.6. The van der Waals surface area contributed by atoms with Gasteiger partial charge in [-0.2, -0.15) is 9.40 Å². The highest BCUT2D eigenvalue weighted by Gasteiger charge is 2.37. The fraction of sp³-hybridized carbons (Fsp3) is 0.278. The van der Waals surface area contributed by atoms with E-state index < -0.39 is 16.0 Å². The Hall–Kier alpha value is -2.98. The number of hydrogen-bond acceptors (Lipinski definition) is 6. The highest BCUT2D eigenvalue weighted by Crippen LogP contribution is 2.31. The predicted molar refractivity (Wildman–Crippen MR) is 97.8 cm³/mol. The minimum atomic E-state index is -3.87. The van der Waals surface area contributed by atoms with Crippen LogP contribution in [0.15, 0.2) is 39.8 Å². The molecule has 2 aromatic heterocycles. The Morgan fingerprint density at radius 1 is 1.21 bits per heavy atom. The molecule has 3 aromatic rings. The summed E-state index contributed by atoms with van der Waals surface area (Å²) in [4.78, 5) is 11.8. The number of hydrogen-bond donors (Lipinski definition) is 1. The normalized spacial score (nSPS) is 14.8. The second-order valence-electron chi connectivity index (χ2n) is 6.57. The number of aromatic carboxylic acids is 1. The summed E-state index contributed by atoms with van der Waals surface area (Å²) in [5.74, 6) is -0.982. The van der Waals surface area contributed by atoms with Crippen molar-refractivity contribution in [1.29, 1.82) is 0 Å². The Morgan fingerprint density at radius 3 is 2.54 bits per heavy atom. The number of benzene rings is 1. The molecule has 3 heterocycles. The minimum Gasteiger partial charge on any atom is -0.476 e. The molecular weight excluding hydrogens is 384 g/mol. The van der Waals surface area contributed by atoms with Gasteiger partial charge >= 0.3 is 5.97 Å². The van der Waals surface area contributed by atoms with E-state index in [-0.39, 0.29) is 35.1 Å². The molecule has 0 spiro atoms. The van der Waals surface area contributed by atoms with E-state index in [0.29, 0.717) is 17.7 Å². The molecule has 0 saturated heterocycles. The topological polar surface area (TPSA) is 119 Å². The fourth-order valence-corrected chi connectivity index (χ4v) is 5.23. The summed E-state index contributed by atoms with van der Waals surface area (Å²) in [6.07, 6.45) is 0.340. The van der Waals surface area contributed by atoms with E-state index in [1.807, 2.05) is 30.3 Å². The molecule has 1 aliphatic heterocycles. The van der Waals surface area contributed by atoms with Crippen molar-refractivity contribution < 1.29 is 22.8 Å². The van der Waals surface area contributed by atoms with Crippen LogP contribution in [0.25, 0.3) is 5.69 Å². The number of carboxylic acid groups (broad SMARTS) is 1. The van der Waals surface area contributed by atoms with E-state index >= 15 is 0 Å². The molecule has 1 aliphatic rings. The van der Waals surface area contributed by atoms with E-state index in [0.717, 1.165) is 5.69 Å². The van der Waals surface area contributed by atoms with Gasteiger partial charge in [-0.3, -0.25) is 0 Å². The van der Waals surface area contributed by atoms with Gasteiger partial charge in [0.2, 0.25) is 10.0 Å². The second kappa shape index (κ2) is 6.57. The van der Waals surface area contributed by atoms with Crippen molar-refractivity contribution in [2.45, 2.75) is 31.7 Å². The van der Waals surface area contributed by atoms with E-state index in [1.165, 1.54) is 4.31 Å². The minimum absolute atomic E-state index is 0.0308. The number of fused-ring (bicyclic) bond motifs is 1. The Bertz CT molecular complexity index is 1140. The van der Waals surface area contributed by atoms with Crippen LogP contribution in [-0.2, 0) is 23.0 Å². The summed E-state index contributed by atoms with van der Waals surface area (Å²) in [6, 6.07) is 9.18. The van der Waals surface area contributed by atoms with Gasteiger partial charge in [0.1, 0.15) is 10.6 Å². The van der Waals surface area contributed by atoms with Crippen LogP contribution in [0.5, 0.6) is 0 Å². The quantitative estimate of drug-likeness (QED) is 0.708. The molecule has 0 atom stereocenters. The monoisotopic (exact) mass is 402 g/mol. The molecule has 28 heavy (non-hydrogen) atoms. The van der Waals surface area contributed by atoms with Crippen molar-refractivity contribution in [3.63, 3.8) is 0 Å². The van der Waals surface area contributed by atoms with Crippen molar-refractivity contribution in [2.24, 2.45) is 0 Å². The first kappa shape index (κ1) is 18.4. The van der Waals surface area contributed by atoms with Gasteiger partial charge in [0.25, 0.3) is 0 Å². The molecular formula is C18H18N4O5S. The molecule has 0 bridgehead atoms. The first-order chi connectivity index (χ1) is 13.3. The molecule has 0 unspecified atom stereocenters. The van der Waals surface area contributed by atoms with Crippen molar-refractivity contribution in [3.8, 4) is 5.69 Å². The number of nitrogens with zero attached hydrogens (tertiary/aromatic N) is 4. The number of para-hydroxylation sites is 1. The van der Waals surface area contributed by atoms with Gasteiger partial charge in [0.15, 0.2) is 11.5 Å².